The number of nitrogens with two attached hydrogens (primary N) is 1. The molecular formula is C8H8F2IN. The molecule has 66 valence electrons. The molecule has 0 aliphatic carbocycles. The molecule has 0 saturated heterocycles. The molecule has 0 amide bonds. The molecule has 0 spiro atoms. The standard InChI is InChI=1S/C8H8F2IN/c9-8(10)7(12)5-1-3-6(11)4-2-5/h1-4,7-8H,12H2/t7-/m0/s1. The number of rotatable bonds is 2. The minimum absolute atomic E-state index is 0.477. The van der Waals surface area contributed by atoms with Crippen LogP contribution in [-0.2, 0) is 0 Å². The van der Waals surface area contributed by atoms with Crippen LogP contribution in [0.15, 0.2) is 24.3 Å². The van der Waals surface area contributed by atoms with Crippen LogP contribution in [0.4, 0.5) is 8.78 Å². The maximum atomic E-state index is 12.1. The summed E-state index contributed by atoms with van der Waals surface area (Å²) in [4.78, 5) is 0. The van der Waals surface area contributed by atoms with Crippen molar-refractivity contribution >= 4 is 22.6 Å². The van der Waals surface area contributed by atoms with Crippen molar-refractivity contribution < 1.29 is 8.78 Å². The molecule has 4 heteroatoms. The van der Waals surface area contributed by atoms with Crippen molar-refractivity contribution in [3.05, 3.63) is 33.4 Å². The Morgan fingerprint density at radius 3 is 2.08 bits per heavy atom. The lowest BCUT2D eigenvalue weighted by atomic mass is 10.1. The van der Waals surface area contributed by atoms with Crippen molar-refractivity contribution in [1.82, 2.24) is 0 Å². The molecule has 0 aliphatic heterocycles. The Balaban J connectivity index is 2.82. The van der Waals surface area contributed by atoms with Crippen LogP contribution in [-0.4, -0.2) is 6.43 Å². The monoisotopic (exact) mass is 283 g/mol. The van der Waals surface area contributed by atoms with Crippen LogP contribution in [0, 0.1) is 3.57 Å². The van der Waals surface area contributed by atoms with Gasteiger partial charge < -0.3 is 5.73 Å². The van der Waals surface area contributed by atoms with Gasteiger partial charge in [-0.2, -0.15) is 0 Å². The van der Waals surface area contributed by atoms with Crippen LogP contribution >= 0.6 is 22.6 Å². The van der Waals surface area contributed by atoms with Gasteiger partial charge >= 0.3 is 0 Å². The van der Waals surface area contributed by atoms with E-state index < -0.39 is 12.5 Å². The molecule has 0 heterocycles. The summed E-state index contributed by atoms with van der Waals surface area (Å²) in [5.41, 5.74) is 5.71. The lowest BCUT2D eigenvalue weighted by Crippen LogP contribution is -2.18. The highest BCUT2D eigenvalue weighted by molar-refractivity contribution is 14.1. The topological polar surface area (TPSA) is 26.0 Å². The van der Waals surface area contributed by atoms with Gasteiger partial charge in [0.05, 0.1) is 6.04 Å². The Bertz CT molecular complexity index is 248. The van der Waals surface area contributed by atoms with Crippen LogP contribution in [0.25, 0.3) is 0 Å². The largest absolute Gasteiger partial charge is 0.319 e. The molecular weight excluding hydrogens is 275 g/mol. The summed E-state index contributed by atoms with van der Waals surface area (Å²) in [6, 6.07) is 5.61. The molecule has 0 bridgehead atoms. The average Bonchev–Trinajstić information content (AvgIpc) is 2.04. The van der Waals surface area contributed by atoms with Crippen molar-refractivity contribution in [2.45, 2.75) is 12.5 Å². The SMILES string of the molecule is N[C@@H](c1ccc(I)cc1)C(F)F. The lowest BCUT2D eigenvalue weighted by Gasteiger charge is -2.09. The predicted octanol–water partition coefficient (Wildman–Crippen LogP) is 2.56. The second-order valence-electron chi connectivity index (χ2n) is 2.41. The lowest BCUT2D eigenvalue weighted by molar-refractivity contribution is 0.116. The van der Waals surface area contributed by atoms with E-state index in [-0.39, 0.29) is 0 Å². The molecule has 0 radical (unpaired) electrons. The maximum Gasteiger partial charge on any atom is 0.257 e. The molecule has 2 N–H and O–H groups in total. The Morgan fingerprint density at radius 2 is 1.67 bits per heavy atom. The van der Waals surface area contributed by atoms with E-state index in [0.29, 0.717) is 5.56 Å². The van der Waals surface area contributed by atoms with Gasteiger partial charge in [0.1, 0.15) is 0 Å². The summed E-state index contributed by atoms with van der Waals surface area (Å²) in [6.45, 7) is 0. The Hall–Kier alpha value is -0.230. The molecule has 1 aromatic rings. The predicted molar refractivity (Wildman–Crippen MR) is 52.1 cm³/mol. The zero-order chi connectivity index (χ0) is 9.14. The van der Waals surface area contributed by atoms with Gasteiger partial charge in [-0.15, -0.1) is 0 Å². The van der Waals surface area contributed by atoms with E-state index >= 15 is 0 Å². The van der Waals surface area contributed by atoms with Gasteiger partial charge in [-0.1, -0.05) is 12.1 Å². The van der Waals surface area contributed by atoms with Crippen LogP contribution in [0.3, 0.4) is 0 Å². The molecule has 1 rings (SSSR count). The first kappa shape index (κ1) is 9.85. The number of benzene rings is 1. The van der Waals surface area contributed by atoms with E-state index in [1.54, 1.807) is 24.3 Å². The second kappa shape index (κ2) is 4.13. The number of hydrogen-bond donors (Lipinski definition) is 1. The highest BCUT2D eigenvalue weighted by atomic mass is 127. The first-order chi connectivity index (χ1) is 5.61. The van der Waals surface area contributed by atoms with Crippen molar-refractivity contribution in [3.8, 4) is 0 Å². The summed E-state index contributed by atoms with van der Waals surface area (Å²) in [5, 5.41) is 0. The summed E-state index contributed by atoms with van der Waals surface area (Å²) >= 11 is 2.11. The zero-order valence-electron chi connectivity index (χ0n) is 6.18. The van der Waals surface area contributed by atoms with Crippen molar-refractivity contribution in [1.29, 1.82) is 0 Å². The average molecular weight is 283 g/mol. The van der Waals surface area contributed by atoms with Gasteiger partial charge in [0.2, 0.25) is 0 Å². The molecule has 0 saturated carbocycles. The van der Waals surface area contributed by atoms with E-state index in [2.05, 4.69) is 22.6 Å². The summed E-state index contributed by atoms with van der Waals surface area (Å²) < 4.78 is 25.2. The molecule has 0 unspecified atom stereocenters. The summed E-state index contributed by atoms with van der Waals surface area (Å²) in [6.07, 6.45) is -2.50. The van der Waals surface area contributed by atoms with Gasteiger partial charge in [0.15, 0.2) is 0 Å². The van der Waals surface area contributed by atoms with Gasteiger partial charge in [-0.3, -0.25) is 0 Å². The quantitative estimate of drug-likeness (QED) is 0.829. The first-order valence-electron chi connectivity index (χ1n) is 3.40. The highest BCUT2D eigenvalue weighted by Gasteiger charge is 2.16. The van der Waals surface area contributed by atoms with Crippen molar-refractivity contribution in [2.24, 2.45) is 5.73 Å². The fourth-order valence-corrected chi connectivity index (χ4v) is 1.19. The number of alkyl halides is 2. The van der Waals surface area contributed by atoms with E-state index in [1.807, 2.05) is 0 Å². The highest BCUT2D eigenvalue weighted by Crippen LogP contribution is 2.18. The Morgan fingerprint density at radius 1 is 1.17 bits per heavy atom. The van der Waals surface area contributed by atoms with E-state index in [9.17, 15) is 8.78 Å². The smallest absolute Gasteiger partial charge is 0.257 e. The fraction of sp³-hybridized carbons (Fsp3) is 0.250. The minimum atomic E-state index is -2.50. The van der Waals surface area contributed by atoms with Crippen LogP contribution in [0.1, 0.15) is 11.6 Å². The Labute approximate surface area is 83.1 Å². The summed E-state index contributed by atoms with van der Waals surface area (Å²) in [7, 11) is 0. The van der Waals surface area contributed by atoms with Crippen molar-refractivity contribution in [2.75, 3.05) is 0 Å². The van der Waals surface area contributed by atoms with Crippen LogP contribution in [0.2, 0.25) is 0 Å². The summed E-state index contributed by atoms with van der Waals surface area (Å²) in [5.74, 6) is 0. The van der Waals surface area contributed by atoms with Gasteiger partial charge in [0.25, 0.3) is 6.43 Å². The molecule has 1 aromatic carbocycles. The van der Waals surface area contributed by atoms with Crippen molar-refractivity contribution in [3.63, 3.8) is 0 Å². The molecule has 12 heavy (non-hydrogen) atoms. The van der Waals surface area contributed by atoms with Gasteiger partial charge in [-0.05, 0) is 40.3 Å². The Kier molecular flexibility index (Phi) is 3.39. The maximum absolute atomic E-state index is 12.1. The third-order valence-corrected chi connectivity index (χ3v) is 2.25. The minimum Gasteiger partial charge on any atom is -0.319 e. The van der Waals surface area contributed by atoms with Gasteiger partial charge in [-0.25, -0.2) is 8.78 Å². The fourth-order valence-electron chi connectivity index (χ4n) is 0.830. The molecule has 0 aromatic heterocycles. The molecule has 1 nitrogen and oxygen atoms in total. The van der Waals surface area contributed by atoms with E-state index in [4.69, 9.17) is 5.73 Å². The molecule has 0 aliphatic rings. The number of hydrogen-bond acceptors (Lipinski definition) is 1. The van der Waals surface area contributed by atoms with Crippen LogP contribution in [0.5, 0.6) is 0 Å². The molecule has 0 fully saturated rings. The third kappa shape index (κ3) is 2.38. The normalized spacial score (nSPS) is 13.4. The van der Waals surface area contributed by atoms with Crippen LogP contribution < -0.4 is 5.73 Å². The molecule has 1 atom stereocenters. The van der Waals surface area contributed by atoms with E-state index in [0.717, 1.165) is 3.57 Å². The second-order valence-corrected chi connectivity index (χ2v) is 3.66. The third-order valence-electron chi connectivity index (χ3n) is 1.53. The zero-order valence-corrected chi connectivity index (χ0v) is 8.33. The van der Waals surface area contributed by atoms with Gasteiger partial charge in [0, 0.05) is 3.57 Å². The van der Waals surface area contributed by atoms with E-state index in [1.165, 1.54) is 0 Å². The number of halogens is 3. The first-order valence-corrected chi connectivity index (χ1v) is 4.48.